The van der Waals surface area contributed by atoms with Crippen molar-refractivity contribution in [2.75, 3.05) is 21.3 Å². The quantitative estimate of drug-likeness (QED) is 0.365. The Morgan fingerprint density at radius 3 is 2.59 bits per heavy atom. The third-order valence-electron chi connectivity index (χ3n) is 4.97. The van der Waals surface area contributed by atoms with Crippen LogP contribution < -0.4 is 14.2 Å². The van der Waals surface area contributed by atoms with Gasteiger partial charge in [-0.2, -0.15) is 0 Å². The molecule has 8 heteroatoms. The lowest BCUT2D eigenvalue weighted by molar-refractivity contribution is 0.0467. The van der Waals surface area contributed by atoms with Gasteiger partial charge in [-0.15, -0.1) is 11.3 Å². The predicted octanol–water partition coefficient (Wildman–Crippen LogP) is 5.05. The Bertz CT molecular complexity index is 1280. The molecule has 0 saturated heterocycles. The number of para-hydroxylation sites is 1. The van der Waals surface area contributed by atoms with Crippen LogP contribution in [0.1, 0.15) is 21.7 Å². The molecule has 0 spiro atoms. The van der Waals surface area contributed by atoms with Crippen molar-refractivity contribution in [2.24, 2.45) is 0 Å². The Kier molecular flexibility index (Phi) is 6.23. The summed E-state index contributed by atoms with van der Waals surface area (Å²) in [6.07, 6.45) is 0. The van der Waals surface area contributed by atoms with Gasteiger partial charge in [0, 0.05) is 16.8 Å². The van der Waals surface area contributed by atoms with E-state index in [-0.39, 0.29) is 6.61 Å². The summed E-state index contributed by atoms with van der Waals surface area (Å²) in [4.78, 5) is 21.8. The Labute approximate surface area is 189 Å². The first kappa shape index (κ1) is 21.6. The topological polar surface area (TPSA) is 79.8 Å². The van der Waals surface area contributed by atoms with Crippen LogP contribution in [0.5, 0.6) is 17.2 Å². The summed E-state index contributed by atoms with van der Waals surface area (Å²) >= 11 is 1.45. The highest BCUT2D eigenvalue weighted by atomic mass is 32.1. The number of methoxy groups -OCH3 is 3. The Morgan fingerprint density at radius 2 is 1.84 bits per heavy atom. The Morgan fingerprint density at radius 1 is 1.00 bits per heavy atom. The summed E-state index contributed by atoms with van der Waals surface area (Å²) in [6.45, 7) is 1.84. The van der Waals surface area contributed by atoms with Crippen molar-refractivity contribution in [1.29, 1.82) is 0 Å². The molecule has 164 valence electrons. The molecule has 32 heavy (non-hydrogen) atoms. The van der Waals surface area contributed by atoms with Crippen molar-refractivity contribution in [3.05, 3.63) is 64.8 Å². The summed E-state index contributed by atoms with van der Waals surface area (Å²) in [7, 11) is 4.79. The van der Waals surface area contributed by atoms with Crippen molar-refractivity contribution < 1.29 is 23.7 Å². The number of pyridine rings is 1. The van der Waals surface area contributed by atoms with Crippen LogP contribution in [0.3, 0.4) is 0 Å². The number of nitrogens with zero attached hydrogens (tertiary/aromatic N) is 2. The number of aryl methyl sites for hydroxylation is 1. The van der Waals surface area contributed by atoms with E-state index in [1.165, 1.54) is 11.3 Å². The maximum absolute atomic E-state index is 12.7. The van der Waals surface area contributed by atoms with Crippen LogP contribution in [0.2, 0.25) is 0 Å². The minimum absolute atomic E-state index is 0.0572. The van der Waals surface area contributed by atoms with E-state index in [0.717, 1.165) is 21.5 Å². The highest BCUT2D eigenvalue weighted by molar-refractivity contribution is 7.13. The molecule has 0 aliphatic heterocycles. The van der Waals surface area contributed by atoms with E-state index in [1.807, 2.05) is 41.8 Å². The van der Waals surface area contributed by atoms with Gasteiger partial charge in [0.1, 0.15) is 17.4 Å². The number of thiazole rings is 1. The van der Waals surface area contributed by atoms with Crippen LogP contribution in [0.25, 0.3) is 21.5 Å². The molecule has 0 aliphatic carbocycles. The highest BCUT2D eigenvalue weighted by Gasteiger charge is 2.17. The smallest absolute Gasteiger partial charge is 0.340 e. The lowest BCUT2D eigenvalue weighted by Crippen LogP contribution is -2.08. The van der Waals surface area contributed by atoms with Gasteiger partial charge in [0.15, 0.2) is 11.5 Å². The van der Waals surface area contributed by atoms with Crippen LogP contribution in [0, 0.1) is 6.92 Å². The molecule has 0 aliphatic rings. The number of hydrogen-bond acceptors (Lipinski definition) is 8. The monoisotopic (exact) mass is 450 g/mol. The number of ether oxygens (including phenoxy) is 4. The second-order valence-corrected chi connectivity index (χ2v) is 7.80. The third-order valence-corrected chi connectivity index (χ3v) is 5.90. The molecule has 2 aromatic heterocycles. The van der Waals surface area contributed by atoms with Gasteiger partial charge in [0.25, 0.3) is 0 Å². The van der Waals surface area contributed by atoms with Gasteiger partial charge in [-0.25, -0.2) is 9.78 Å². The molecule has 0 N–H and O–H groups in total. The van der Waals surface area contributed by atoms with Crippen LogP contribution in [0.4, 0.5) is 0 Å². The van der Waals surface area contributed by atoms with E-state index in [4.69, 9.17) is 18.9 Å². The zero-order valence-electron chi connectivity index (χ0n) is 18.2. The molecule has 0 fully saturated rings. The standard InChI is InChI=1S/C24H22N2O5S/c1-14-19(10-15-8-9-17(28-2)11-20(15)25-14)24(27)31-12-16-13-32-23(26-16)18-6-5-7-21(29-3)22(18)30-4/h5-11,13H,12H2,1-4H3. The maximum atomic E-state index is 12.7. The molecule has 2 aromatic carbocycles. The summed E-state index contributed by atoms with van der Waals surface area (Å²) in [6, 6.07) is 12.9. The predicted molar refractivity (Wildman–Crippen MR) is 123 cm³/mol. The van der Waals surface area contributed by atoms with Gasteiger partial charge in [0.2, 0.25) is 0 Å². The number of hydrogen-bond donors (Lipinski definition) is 0. The minimum Gasteiger partial charge on any atom is -0.497 e. The second-order valence-electron chi connectivity index (χ2n) is 6.94. The summed E-state index contributed by atoms with van der Waals surface area (Å²) < 4.78 is 21.6. The number of carbonyl (C=O) groups excluding carboxylic acids is 1. The number of rotatable bonds is 7. The highest BCUT2D eigenvalue weighted by Crippen LogP contribution is 2.39. The van der Waals surface area contributed by atoms with Crippen molar-refractivity contribution in [3.63, 3.8) is 0 Å². The largest absolute Gasteiger partial charge is 0.497 e. The molecule has 0 radical (unpaired) electrons. The average Bonchev–Trinajstić information content (AvgIpc) is 3.29. The lowest BCUT2D eigenvalue weighted by atomic mass is 10.1. The zero-order valence-corrected chi connectivity index (χ0v) is 19.0. The summed E-state index contributed by atoms with van der Waals surface area (Å²) in [5, 5.41) is 3.45. The molecular formula is C24H22N2O5S. The van der Waals surface area contributed by atoms with Crippen molar-refractivity contribution in [1.82, 2.24) is 9.97 Å². The van der Waals surface area contributed by atoms with Crippen LogP contribution in [-0.2, 0) is 11.3 Å². The van der Waals surface area contributed by atoms with Crippen LogP contribution >= 0.6 is 11.3 Å². The van der Waals surface area contributed by atoms with Gasteiger partial charge in [0.05, 0.1) is 49.4 Å². The van der Waals surface area contributed by atoms with Gasteiger partial charge in [-0.3, -0.25) is 4.98 Å². The first-order valence-electron chi connectivity index (χ1n) is 9.82. The van der Waals surface area contributed by atoms with Crippen LogP contribution in [0.15, 0.2) is 47.8 Å². The molecule has 4 aromatic rings. The molecule has 7 nitrogen and oxygen atoms in total. The van der Waals surface area contributed by atoms with E-state index in [1.54, 1.807) is 34.3 Å². The zero-order chi connectivity index (χ0) is 22.7. The molecule has 4 rings (SSSR count). The number of carbonyl (C=O) groups is 1. The second kappa shape index (κ2) is 9.23. The van der Waals surface area contributed by atoms with Gasteiger partial charge in [-0.1, -0.05) is 6.07 Å². The van der Waals surface area contributed by atoms with E-state index in [0.29, 0.717) is 34.2 Å². The van der Waals surface area contributed by atoms with Crippen molar-refractivity contribution >= 4 is 28.2 Å². The Balaban J connectivity index is 1.51. The molecule has 0 amide bonds. The van der Waals surface area contributed by atoms with E-state index in [9.17, 15) is 4.79 Å². The fourth-order valence-electron chi connectivity index (χ4n) is 3.35. The molecule has 2 heterocycles. The first-order chi connectivity index (χ1) is 15.5. The first-order valence-corrected chi connectivity index (χ1v) is 10.7. The van der Waals surface area contributed by atoms with E-state index < -0.39 is 5.97 Å². The fraction of sp³-hybridized carbons (Fsp3) is 0.208. The maximum Gasteiger partial charge on any atom is 0.340 e. The number of benzene rings is 2. The normalized spacial score (nSPS) is 10.8. The number of esters is 1. The van der Waals surface area contributed by atoms with E-state index >= 15 is 0 Å². The van der Waals surface area contributed by atoms with Crippen molar-refractivity contribution in [3.8, 4) is 27.8 Å². The summed E-state index contributed by atoms with van der Waals surface area (Å²) in [5.41, 5.74) is 3.25. The third kappa shape index (κ3) is 4.22. The lowest BCUT2D eigenvalue weighted by Gasteiger charge is -2.10. The summed E-state index contributed by atoms with van der Waals surface area (Å²) in [5.74, 6) is 1.51. The number of fused-ring (bicyclic) bond motifs is 1. The van der Waals surface area contributed by atoms with Gasteiger partial charge in [-0.05, 0) is 37.3 Å². The number of aromatic nitrogens is 2. The average molecular weight is 451 g/mol. The van der Waals surface area contributed by atoms with Crippen LogP contribution in [-0.4, -0.2) is 37.3 Å². The molecular weight excluding hydrogens is 428 g/mol. The minimum atomic E-state index is -0.443. The van der Waals surface area contributed by atoms with Gasteiger partial charge < -0.3 is 18.9 Å². The van der Waals surface area contributed by atoms with Crippen molar-refractivity contribution in [2.45, 2.75) is 13.5 Å². The fourth-order valence-corrected chi connectivity index (χ4v) is 4.17. The molecule has 0 saturated carbocycles. The van der Waals surface area contributed by atoms with Gasteiger partial charge >= 0.3 is 5.97 Å². The Hall–Kier alpha value is -3.65. The SMILES string of the molecule is COc1ccc2cc(C(=O)OCc3csc(-c4cccc(OC)c4OC)n3)c(C)nc2c1. The van der Waals surface area contributed by atoms with E-state index in [2.05, 4.69) is 9.97 Å². The molecule has 0 unspecified atom stereocenters. The molecule has 0 bridgehead atoms. The molecule has 0 atom stereocenters.